The number of alkyl halides is 3. The van der Waals surface area contributed by atoms with Gasteiger partial charge in [-0.2, -0.15) is 13.2 Å². The van der Waals surface area contributed by atoms with E-state index in [0.717, 1.165) is 4.57 Å². The molecule has 0 N–H and O–H groups in total. The lowest BCUT2D eigenvalue weighted by atomic mass is 10.2. The third-order valence-electron chi connectivity index (χ3n) is 4.19. The van der Waals surface area contributed by atoms with Crippen LogP contribution < -0.4 is 0 Å². The average molecular weight is 410 g/mol. The van der Waals surface area contributed by atoms with Gasteiger partial charge in [-0.05, 0) is 24.3 Å². The maximum absolute atomic E-state index is 13.0. The fourth-order valence-corrected chi connectivity index (χ4v) is 2.71. The summed E-state index contributed by atoms with van der Waals surface area (Å²) in [5.74, 6) is 0.290. The van der Waals surface area contributed by atoms with E-state index in [1.165, 1.54) is 42.7 Å². The Balaban J connectivity index is 1.55. The Morgan fingerprint density at radius 1 is 1.21 bits per heavy atom. The summed E-state index contributed by atoms with van der Waals surface area (Å²) in [7, 11) is 1.49. The third-order valence-corrected chi connectivity index (χ3v) is 4.19. The van der Waals surface area contributed by atoms with Gasteiger partial charge in [0, 0.05) is 37.8 Å². The number of oxazole rings is 1. The van der Waals surface area contributed by atoms with Crippen molar-refractivity contribution in [3.8, 4) is 11.3 Å². The van der Waals surface area contributed by atoms with Crippen LogP contribution in [0.15, 0.2) is 47.3 Å². The first kappa shape index (κ1) is 20.6. The number of halogens is 4. The second kappa shape index (κ2) is 8.46. The molecule has 2 heterocycles. The van der Waals surface area contributed by atoms with Crippen molar-refractivity contribution in [2.24, 2.45) is 0 Å². The lowest BCUT2D eigenvalue weighted by molar-refractivity contribution is -0.141. The number of imidazole rings is 1. The standard InChI is InChI=1S/C19H18F4N4O2/c1-26(11-16-24-8-9-27(16)12-19(21,22)23)18(28)7-6-17-25-10-15(29-17)13-2-4-14(20)5-3-13/h2-5,8-10H,6-7,11-12H2,1H3. The maximum Gasteiger partial charge on any atom is 0.406 e. The zero-order valence-corrected chi connectivity index (χ0v) is 15.5. The summed E-state index contributed by atoms with van der Waals surface area (Å²) in [6.07, 6.45) is -0.0921. The Bertz CT molecular complexity index is 963. The van der Waals surface area contributed by atoms with Crippen LogP contribution in [0.25, 0.3) is 11.3 Å². The first-order chi connectivity index (χ1) is 13.7. The molecule has 0 aliphatic carbocycles. The Labute approximate surface area is 163 Å². The van der Waals surface area contributed by atoms with Gasteiger partial charge < -0.3 is 13.9 Å². The van der Waals surface area contributed by atoms with Crippen molar-refractivity contribution in [3.63, 3.8) is 0 Å². The first-order valence-electron chi connectivity index (χ1n) is 8.72. The van der Waals surface area contributed by atoms with E-state index in [9.17, 15) is 22.4 Å². The van der Waals surface area contributed by atoms with E-state index in [1.54, 1.807) is 12.1 Å². The lowest BCUT2D eigenvalue weighted by Gasteiger charge is -2.18. The highest BCUT2D eigenvalue weighted by Gasteiger charge is 2.29. The van der Waals surface area contributed by atoms with Crippen LogP contribution in [0.1, 0.15) is 18.1 Å². The fraction of sp³-hybridized carbons (Fsp3) is 0.316. The number of benzene rings is 1. The number of hydrogen-bond donors (Lipinski definition) is 0. The molecule has 0 bridgehead atoms. The van der Waals surface area contributed by atoms with E-state index in [-0.39, 0.29) is 36.9 Å². The smallest absolute Gasteiger partial charge is 0.406 e. The normalized spacial score (nSPS) is 11.6. The predicted molar refractivity (Wildman–Crippen MR) is 95.0 cm³/mol. The summed E-state index contributed by atoms with van der Waals surface area (Å²) in [5, 5.41) is 0. The number of nitrogens with zero attached hydrogens (tertiary/aromatic N) is 4. The van der Waals surface area contributed by atoms with E-state index in [2.05, 4.69) is 9.97 Å². The molecule has 1 amide bonds. The van der Waals surface area contributed by atoms with Crippen molar-refractivity contribution in [3.05, 3.63) is 60.4 Å². The summed E-state index contributed by atoms with van der Waals surface area (Å²) in [5.41, 5.74) is 0.657. The number of amides is 1. The van der Waals surface area contributed by atoms with Gasteiger partial charge in [0.15, 0.2) is 11.7 Å². The average Bonchev–Trinajstić information content (AvgIpc) is 3.29. The molecule has 0 fully saturated rings. The van der Waals surface area contributed by atoms with Gasteiger partial charge in [-0.15, -0.1) is 0 Å². The second-order valence-electron chi connectivity index (χ2n) is 6.46. The van der Waals surface area contributed by atoms with Crippen LogP contribution in [0.5, 0.6) is 0 Å². The van der Waals surface area contributed by atoms with Gasteiger partial charge in [-0.1, -0.05) is 0 Å². The van der Waals surface area contributed by atoms with Crippen LogP contribution in [-0.2, 0) is 24.3 Å². The number of aromatic nitrogens is 3. The third kappa shape index (κ3) is 5.66. The van der Waals surface area contributed by atoms with Crippen molar-refractivity contribution in [2.45, 2.75) is 32.1 Å². The number of rotatable bonds is 7. The second-order valence-corrected chi connectivity index (χ2v) is 6.46. The molecular weight excluding hydrogens is 392 g/mol. The van der Waals surface area contributed by atoms with E-state index >= 15 is 0 Å². The Morgan fingerprint density at radius 2 is 1.93 bits per heavy atom. The van der Waals surface area contributed by atoms with Gasteiger partial charge in [-0.3, -0.25) is 4.79 Å². The lowest BCUT2D eigenvalue weighted by Crippen LogP contribution is -2.29. The topological polar surface area (TPSA) is 64.2 Å². The SMILES string of the molecule is CN(Cc1nccn1CC(F)(F)F)C(=O)CCc1ncc(-c2ccc(F)cc2)o1. The molecule has 3 aromatic rings. The highest BCUT2D eigenvalue weighted by molar-refractivity contribution is 5.75. The van der Waals surface area contributed by atoms with Crippen LogP contribution in [-0.4, -0.2) is 38.6 Å². The molecule has 154 valence electrons. The molecule has 29 heavy (non-hydrogen) atoms. The summed E-state index contributed by atoms with van der Waals surface area (Å²) in [6, 6.07) is 5.72. The van der Waals surface area contributed by atoms with Gasteiger partial charge in [0.05, 0.1) is 12.7 Å². The van der Waals surface area contributed by atoms with Gasteiger partial charge in [0.2, 0.25) is 5.91 Å². The van der Waals surface area contributed by atoms with Crippen molar-refractivity contribution in [1.82, 2.24) is 19.4 Å². The molecule has 0 spiro atoms. The van der Waals surface area contributed by atoms with Gasteiger partial charge in [0.1, 0.15) is 18.2 Å². The molecule has 0 radical (unpaired) electrons. The molecular formula is C19H18F4N4O2. The molecule has 3 rings (SSSR count). The van der Waals surface area contributed by atoms with Gasteiger partial charge >= 0.3 is 6.18 Å². The highest BCUT2D eigenvalue weighted by Crippen LogP contribution is 2.21. The molecule has 0 atom stereocenters. The zero-order chi connectivity index (χ0) is 21.0. The maximum atomic E-state index is 13.0. The number of hydrogen-bond acceptors (Lipinski definition) is 4. The van der Waals surface area contributed by atoms with Crippen molar-refractivity contribution in [1.29, 1.82) is 0 Å². The van der Waals surface area contributed by atoms with E-state index in [0.29, 0.717) is 17.2 Å². The van der Waals surface area contributed by atoms with E-state index in [4.69, 9.17) is 4.42 Å². The van der Waals surface area contributed by atoms with Crippen molar-refractivity contribution < 1.29 is 26.8 Å². The van der Waals surface area contributed by atoms with Gasteiger partial charge in [0.25, 0.3) is 0 Å². The summed E-state index contributed by atoms with van der Waals surface area (Å²) < 4.78 is 57.3. The minimum Gasteiger partial charge on any atom is -0.441 e. The number of carbonyl (C=O) groups is 1. The Hall–Kier alpha value is -3.17. The zero-order valence-electron chi connectivity index (χ0n) is 15.5. The largest absolute Gasteiger partial charge is 0.441 e. The monoisotopic (exact) mass is 410 g/mol. The molecule has 6 nitrogen and oxygen atoms in total. The summed E-state index contributed by atoms with van der Waals surface area (Å²) in [4.78, 5) is 21.6. The van der Waals surface area contributed by atoms with Crippen molar-refractivity contribution in [2.75, 3.05) is 7.05 Å². The molecule has 0 saturated carbocycles. The molecule has 2 aromatic heterocycles. The molecule has 10 heteroatoms. The minimum atomic E-state index is -4.37. The predicted octanol–water partition coefficient (Wildman–Crippen LogP) is 3.83. The quantitative estimate of drug-likeness (QED) is 0.556. The van der Waals surface area contributed by atoms with Crippen LogP contribution in [0.3, 0.4) is 0 Å². The van der Waals surface area contributed by atoms with Crippen LogP contribution in [0, 0.1) is 5.82 Å². The van der Waals surface area contributed by atoms with Crippen molar-refractivity contribution >= 4 is 5.91 Å². The molecule has 1 aromatic carbocycles. The fourth-order valence-electron chi connectivity index (χ4n) is 2.71. The van der Waals surface area contributed by atoms with E-state index < -0.39 is 12.7 Å². The summed E-state index contributed by atoms with van der Waals surface area (Å²) >= 11 is 0. The highest BCUT2D eigenvalue weighted by atomic mass is 19.4. The molecule has 0 aliphatic heterocycles. The van der Waals surface area contributed by atoms with Crippen LogP contribution in [0.4, 0.5) is 17.6 Å². The molecule has 0 saturated heterocycles. The minimum absolute atomic E-state index is 0.0473. The van der Waals surface area contributed by atoms with Gasteiger partial charge in [-0.25, -0.2) is 14.4 Å². The molecule has 0 aliphatic rings. The molecule has 0 unspecified atom stereocenters. The Morgan fingerprint density at radius 3 is 2.62 bits per heavy atom. The van der Waals surface area contributed by atoms with Crippen LogP contribution in [0.2, 0.25) is 0 Å². The number of aryl methyl sites for hydroxylation is 1. The number of carbonyl (C=O) groups excluding carboxylic acids is 1. The van der Waals surface area contributed by atoms with E-state index in [1.807, 2.05) is 0 Å². The van der Waals surface area contributed by atoms with Crippen LogP contribution >= 0.6 is 0 Å². The Kier molecular flexibility index (Phi) is 6.00. The summed E-state index contributed by atoms with van der Waals surface area (Å²) in [6.45, 7) is -1.21. The first-order valence-corrected chi connectivity index (χ1v) is 8.72.